The van der Waals surface area contributed by atoms with E-state index in [2.05, 4.69) is 29.8 Å². The predicted molar refractivity (Wildman–Crippen MR) is 102 cm³/mol. The van der Waals surface area contributed by atoms with Crippen molar-refractivity contribution >= 4 is 28.0 Å². The SMILES string of the molecule is CC(C)c1cc(Br)ccc1O[C@H]1C[C@@H](C(=O)O)N(C(=O)OC(C)(C)C)C1. The first-order valence-corrected chi connectivity index (χ1v) is 9.45. The van der Waals surface area contributed by atoms with E-state index in [4.69, 9.17) is 9.47 Å². The van der Waals surface area contributed by atoms with Gasteiger partial charge in [-0.2, -0.15) is 0 Å². The molecule has 2 rings (SSSR count). The largest absolute Gasteiger partial charge is 0.488 e. The molecule has 0 radical (unpaired) electrons. The summed E-state index contributed by atoms with van der Waals surface area (Å²) >= 11 is 3.46. The third-order valence-electron chi connectivity index (χ3n) is 4.06. The van der Waals surface area contributed by atoms with Crippen molar-refractivity contribution in [3.8, 4) is 5.75 Å². The third-order valence-corrected chi connectivity index (χ3v) is 4.56. The van der Waals surface area contributed by atoms with Gasteiger partial charge in [-0.15, -0.1) is 0 Å². The van der Waals surface area contributed by atoms with Crippen LogP contribution in [-0.4, -0.2) is 46.4 Å². The van der Waals surface area contributed by atoms with E-state index in [0.29, 0.717) is 5.75 Å². The number of amides is 1. The highest BCUT2D eigenvalue weighted by atomic mass is 79.9. The second-order valence-corrected chi connectivity index (χ2v) is 8.71. The van der Waals surface area contributed by atoms with Gasteiger partial charge in [0.2, 0.25) is 0 Å². The number of nitrogens with zero attached hydrogens (tertiary/aromatic N) is 1. The Hall–Kier alpha value is -1.76. The van der Waals surface area contributed by atoms with Gasteiger partial charge in [-0.3, -0.25) is 4.90 Å². The molecule has 1 N–H and O–H groups in total. The number of likely N-dealkylation sites (tertiary alicyclic amines) is 1. The van der Waals surface area contributed by atoms with E-state index in [1.165, 1.54) is 4.90 Å². The summed E-state index contributed by atoms with van der Waals surface area (Å²) in [6.45, 7) is 9.57. The standard InChI is InChI=1S/C19H26BrNO5/c1-11(2)14-8-12(20)6-7-16(14)25-13-9-15(17(22)23)21(10-13)18(24)26-19(3,4)5/h6-8,11,13,15H,9-10H2,1-5H3,(H,22,23)/t13-,15-/m0/s1. The number of ether oxygens (including phenoxy) is 2. The van der Waals surface area contributed by atoms with Gasteiger partial charge in [0.25, 0.3) is 0 Å². The number of hydrogen-bond acceptors (Lipinski definition) is 4. The summed E-state index contributed by atoms with van der Waals surface area (Å²) in [4.78, 5) is 25.2. The molecule has 1 amide bonds. The summed E-state index contributed by atoms with van der Waals surface area (Å²) in [5, 5.41) is 9.48. The molecule has 1 saturated heterocycles. The number of halogens is 1. The minimum atomic E-state index is -1.05. The molecule has 0 saturated carbocycles. The second-order valence-electron chi connectivity index (χ2n) is 7.80. The maximum atomic E-state index is 12.4. The number of carboxylic acid groups (broad SMARTS) is 1. The van der Waals surface area contributed by atoms with Gasteiger partial charge >= 0.3 is 12.1 Å². The molecule has 1 heterocycles. The fraction of sp³-hybridized carbons (Fsp3) is 0.579. The zero-order chi connectivity index (χ0) is 19.6. The van der Waals surface area contributed by atoms with Crippen LogP contribution >= 0.6 is 15.9 Å². The molecule has 0 aliphatic carbocycles. The fourth-order valence-corrected chi connectivity index (χ4v) is 3.28. The molecule has 1 fully saturated rings. The molecule has 7 heteroatoms. The highest BCUT2D eigenvalue weighted by Crippen LogP contribution is 2.32. The molecule has 1 aliphatic rings. The maximum absolute atomic E-state index is 12.4. The van der Waals surface area contributed by atoms with E-state index in [1.54, 1.807) is 20.8 Å². The highest BCUT2D eigenvalue weighted by Gasteiger charge is 2.42. The molecule has 0 aromatic heterocycles. The Morgan fingerprint density at radius 2 is 1.96 bits per heavy atom. The Morgan fingerprint density at radius 3 is 2.50 bits per heavy atom. The van der Waals surface area contributed by atoms with Crippen LogP contribution in [0.2, 0.25) is 0 Å². The molecule has 6 nitrogen and oxygen atoms in total. The summed E-state index contributed by atoms with van der Waals surface area (Å²) in [5.41, 5.74) is 0.345. The van der Waals surface area contributed by atoms with Gasteiger partial charge in [-0.25, -0.2) is 9.59 Å². The Bertz CT molecular complexity index is 683. The van der Waals surface area contributed by atoms with Crippen molar-refractivity contribution in [2.24, 2.45) is 0 Å². The lowest BCUT2D eigenvalue weighted by Gasteiger charge is -2.26. The molecule has 0 unspecified atom stereocenters. The number of aliphatic carboxylic acids is 1. The van der Waals surface area contributed by atoms with Gasteiger partial charge in [0.05, 0.1) is 6.54 Å². The average Bonchev–Trinajstić information content (AvgIpc) is 2.91. The lowest BCUT2D eigenvalue weighted by Crippen LogP contribution is -2.43. The van der Waals surface area contributed by atoms with Crippen molar-refractivity contribution in [2.75, 3.05) is 6.54 Å². The fourth-order valence-electron chi connectivity index (χ4n) is 2.90. The Balaban J connectivity index is 2.18. The molecule has 1 aromatic rings. The first kappa shape index (κ1) is 20.6. The van der Waals surface area contributed by atoms with E-state index < -0.39 is 29.8 Å². The lowest BCUT2D eigenvalue weighted by molar-refractivity contribution is -0.142. The molecule has 0 spiro atoms. The second kappa shape index (κ2) is 7.86. The summed E-state index contributed by atoms with van der Waals surface area (Å²) < 4.78 is 12.4. The van der Waals surface area contributed by atoms with E-state index in [0.717, 1.165) is 10.0 Å². The van der Waals surface area contributed by atoms with Crippen molar-refractivity contribution in [2.45, 2.75) is 64.7 Å². The Labute approximate surface area is 162 Å². The van der Waals surface area contributed by atoms with Crippen LogP contribution in [0, 0.1) is 0 Å². The summed E-state index contributed by atoms with van der Waals surface area (Å²) in [6, 6.07) is 4.80. The quantitative estimate of drug-likeness (QED) is 0.769. The normalized spacial score (nSPS) is 20.3. The van der Waals surface area contributed by atoms with Crippen LogP contribution in [0.3, 0.4) is 0 Å². The van der Waals surface area contributed by atoms with Gasteiger partial charge in [0.1, 0.15) is 23.5 Å². The van der Waals surface area contributed by atoms with E-state index in [-0.39, 0.29) is 18.9 Å². The lowest BCUT2D eigenvalue weighted by atomic mass is 10.0. The Morgan fingerprint density at radius 1 is 1.31 bits per heavy atom. The minimum absolute atomic E-state index is 0.180. The Kier molecular flexibility index (Phi) is 6.21. The molecule has 0 bridgehead atoms. The van der Waals surface area contributed by atoms with Gasteiger partial charge in [-0.05, 0) is 50.5 Å². The predicted octanol–water partition coefficient (Wildman–Crippen LogP) is 4.41. The highest BCUT2D eigenvalue weighted by molar-refractivity contribution is 9.10. The van der Waals surface area contributed by atoms with Crippen molar-refractivity contribution in [3.05, 3.63) is 28.2 Å². The third kappa shape index (κ3) is 5.13. The summed E-state index contributed by atoms with van der Waals surface area (Å²) in [5.74, 6) is -0.0913. The van der Waals surface area contributed by atoms with Crippen molar-refractivity contribution in [1.82, 2.24) is 4.90 Å². The van der Waals surface area contributed by atoms with Crippen LogP contribution in [0.5, 0.6) is 5.75 Å². The van der Waals surface area contributed by atoms with Gasteiger partial charge in [0.15, 0.2) is 0 Å². The first-order chi connectivity index (χ1) is 12.0. The smallest absolute Gasteiger partial charge is 0.411 e. The van der Waals surface area contributed by atoms with Crippen LogP contribution in [0.1, 0.15) is 52.5 Å². The van der Waals surface area contributed by atoms with Gasteiger partial charge < -0.3 is 14.6 Å². The van der Waals surface area contributed by atoms with E-state index in [9.17, 15) is 14.7 Å². The van der Waals surface area contributed by atoms with Crippen molar-refractivity contribution < 1.29 is 24.2 Å². The van der Waals surface area contributed by atoms with Crippen molar-refractivity contribution in [3.63, 3.8) is 0 Å². The number of rotatable bonds is 4. The molecular formula is C19H26BrNO5. The zero-order valence-electron chi connectivity index (χ0n) is 15.8. The zero-order valence-corrected chi connectivity index (χ0v) is 17.4. The maximum Gasteiger partial charge on any atom is 0.411 e. The average molecular weight is 428 g/mol. The van der Waals surface area contributed by atoms with Crippen LogP contribution < -0.4 is 4.74 Å². The number of hydrogen-bond donors (Lipinski definition) is 1. The molecule has 1 aromatic carbocycles. The number of carbonyl (C=O) groups excluding carboxylic acids is 1. The summed E-state index contributed by atoms with van der Waals surface area (Å²) in [7, 11) is 0. The first-order valence-electron chi connectivity index (χ1n) is 8.66. The number of carbonyl (C=O) groups is 2. The summed E-state index contributed by atoms with van der Waals surface area (Å²) in [6.07, 6.45) is -0.805. The van der Waals surface area contributed by atoms with Crippen LogP contribution in [0.15, 0.2) is 22.7 Å². The van der Waals surface area contributed by atoms with Crippen LogP contribution in [-0.2, 0) is 9.53 Å². The van der Waals surface area contributed by atoms with Crippen molar-refractivity contribution in [1.29, 1.82) is 0 Å². The topological polar surface area (TPSA) is 76.1 Å². The van der Waals surface area contributed by atoms with Gasteiger partial charge in [-0.1, -0.05) is 29.8 Å². The number of carboxylic acids is 1. The van der Waals surface area contributed by atoms with Crippen LogP contribution in [0.25, 0.3) is 0 Å². The molecule has 26 heavy (non-hydrogen) atoms. The molecule has 2 atom stereocenters. The van der Waals surface area contributed by atoms with E-state index >= 15 is 0 Å². The molecular weight excluding hydrogens is 402 g/mol. The van der Waals surface area contributed by atoms with Crippen LogP contribution in [0.4, 0.5) is 4.79 Å². The van der Waals surface area contributed by atoms with Gasteiger partial charge in [0, 0.05) is 10.9 Å². The molecule has 144 valence electrons. The monoisotopic (exact) mass is 427 g/mol. The molecule has 1 aliphatic heterocycles. The van der Waals surface area contributed by atoms with E-state index in [1.807, 2.05) is 18.2 Å². The number of benzene rings is 1. The minimum Gasteiger partial charge on any atom is -0.488 e.